The molecule has 94 valence electrons. The second-order valence-corrected chi connectivity index (χ2v) is 6.10. The lowest BCUT2D eigenvalue weighted by molar-refractivity contribution is 0.130. The van der Waals surface area contributed by atoms with Crippen molar-refractivity contribution >= 4 is 0 Å². The van der Waals surface area contributed by atoms with Gasteiger partial charge in [-0.05, 0) is 38.0 Å². The molecule has 2 heteroatoms. The molecule has 2 atom stereocenters. The zero-order valence-electron chi connectivity index (χ0n) is 10.7. The summed E-state index contributed by atoms with van der Waals surface area (Å²) in [5.74, 6) is 0.846. The fraction of sp³-hybridized carbons (Fsp3) is 1.00. The Morgan fingerprint density at radius 3 is 2.50 bits per heavy atom. The number of rotatable bonds is 3. The van der Waals surface area contributed by atoms with Crippen LogP contribution in [0.2, 0.25) is 0 Å². The van der Waals surface area contributed by atoms with Gasteiger partial charge in [-0.3, -0.25) is 0 Å². The molecule has 0 aromatic heterocycles. The summed E-state index contributed by atoms with van der Waals surface area (Å²) in [6.45, 7) is 2.68. The van der Waals surface area contributed by atoms with Crippen LogP contribution in [-0.2, 0) is 0 Å². The average Bonchev–Trinajstić information content (AvgIpc) is 2.71. The first-order chi connectivity index (χ1) is 7.74. The van der Waals surface area contributed by atoms with Gasteiger partial charge < -0.3 is 10.4 Å². The molecule has 2 N–H and O–H groups in total. The molecule has 2 aliphatic rings. The highest BCUT2D eigenvalue weighted by Crippen LogP contribution is 2.32. The molecule has 2 nitrogen and oxygen atoms in total. The van der Waals surface area contributed by atoms with Crippen molar-refractivity contribution in [2.24, 2.45) is 5.92 Å². The summed E-state index contributed by atoms with van der Waals surface area (Å²) in [5, 5.41) is 13.5. The molecule has 0 saturated heterocycles. The third kappa shape index (κ3) is 2.98. The van der Waals surface area contributed by atoms with Gasteiger partial charge in [0.25, 0.3) is 0 Å². The molecule has 0 spiro atoms. The van der Waals surface area contributed by atoms with Crippen molar-refractivity contribution < 1.29 is 5.11 Å². The molecule has 0 aromatic rings. The van der Waals surface area contributed by atoms with Gasteiger partial charge in [0.2, 0.25) is 0 Å². The van der Waals surface area contributed by atoms with Crippen LogP contribution in [-0.4, -0.2) is 23.3 Å². The highest BCUT2D eigenvalue weighted by Gasteiger charge is 2.34. The quantitative estimate of drug-likeness (QED) is 0.724. The molecular weight excluding hydrogens is 198 g/mol. The molecule has 2 unspecified atom stereocenters. The number of nitrogens with one attached hydrogen (secondary N) is 1. The number of hydrogen-bond acceptors (Lipinski definition) is 2. The van der Waals surface area contributed by atoms with E-state index in [0.717, 1.165) is 5.92 Å². The Labute approximate surface area is 99.8 Å². The molecule has 0 bridgehead atoms. The summed E-state index contributed by atoms with van der Waals surface area (Å²) in [7, 11) is 0. The largest absolute Gasteiger partial charge is 0.394 e. The van der Waals surface area contributed by atoms with Crippen LogP contribution in [0.4, 0.5) is 0 Å². The first-order valence-corrected chi connectivity index (χ1v) is 7.13. The number of aliphatic hydroxyl groups is 1. The van der Waals surface area contributed by atoms with Crippen molar-refractivity contribution in [3.8, 4) is 0 Å². The van der Waals surface area contributed by atoms with E-state index in [2.05, 4.69) is 12.2 Å². The molecule has 2 aliphatic carbocycles. The Balaban J connectivity index is 1.93. The summed E-state index contributed by atoms with van der Waals surface area (Å²) in [6.07, 6.45) is 11.6. The van der Waals surface area contributed by atoms with E-state index in [9.17, 15) is 5.11 Å². The predicted molar refractivity (Wildman–Crippen MR) is 67.5 cm³/mol. The van der Waals surface area contributed by atoms with Gasteiger partial charge >= 0.3 is 0 Å². The van der Waals surface area contributed by atoms with E-state index in [-0.39, 0.29) is 5.54 Å². The van der Waals surface area contributed by atoms with Gasteiger partial charge in [-0.1, -0.05) is 32.6 Å². The van der Waals surface area contributed by atoms with Crippen LogP contribution in [0.1, 0.15) is 64.7 Å². The van der Waals surface area contributed by atoms with E-state index in [1.165, 1.54) is 57.8 Å². The summed E-state index contributed by atoms with van der Waals surface area (Å²) < 4.78 is 0. The van der Waals surface area contributed by atoms with Gasteiger partial charge in [0.1, 0.15) is 0 Å². The lowest BCUT2D eigenvalue weighted by Gasteiger charge is -2.35. The monoisotopic (exact) mass is 225 g/mol. The number of aliphatic hydroxyl groups excluding tert-OH is 1. The summed E-state index contributed by atoms with van der Waals surface area (Å²) in [4.78, 5) is 0. The second-order valence-electron chi connectivity index (χ2n) is 6.10. The van der Waals surface area contributed by atoms with Gasteiger partial charge in [-0.15, -0.1) is 0 Å². The Morgan fingerprint density at radius 2 is 1.81 bits per heavy atom. The molecule has 0 aliphatic heterocycles. The molecule has 16 heavy (non-hydrogen) atoms. The van der Waals surface area contributed by atoms with Gasteiger partial charge in [0.05, 0.1) is 6.61 Å². The van der Waals surface area contributed by atoms with Crippen LogP contribution < -0.4 is 5.32 Å². The van der Waals surface area contributed by atoms with E-state index in [0.29, 0.717) is 12.6 Å². The van der Waals surface area contributed by atoms with Gasteiger partial charge in [0.15, 0.2) is 0 Å². The van der Waals surface area contributed by atoms with E-state index in [1.807, 2.05) is 0 Å². The smallest absolute Gasteiger partial charge is 0.0613 e. The molecular formula is C14H27NO. The highest BCUT2D eigenvalue weighted by atomic mass is 16.3. The SMILES string of the molecule is CC1CCCC(CO)(NC2CCCC2)CC1. The van der Waals surface area contributed by atoms with Crippen LogP contribution in [0.25, 0.3) is 0 Å². The van der Waals surface area contributed by atoms with Crippen molar-refractivity contribution in [2.45, 2.75) is 76.3 Å². The standard InChI is InChI=1S/C14H27NO/c1-12-5-4-9-14(11-16,10-8-12)15-13-6-2-3-7-13/h12-13,15-16H,2-11H2,1H3. The molecule has 2 fully saturated rings. The van der Waals surface area contributed by atoms with Crippen molar-refractivity contribution in [3.05, 3.63) is 0 Å². The first-order valence-electron chi connectivity index (χ1n) is 7.13. The average molecular weight is 225 g/mol. The van der Waals surface area contributed by atoms with E-state index >= 15 is 0 Å². The lowest BCUT2D eigenvalue weighted by Crippen LogP contribution is -2.52. The Morgan fingerprint density at radius 1 is 1.06 bits per heavy atom. The topological polar surface area (TPSA) is 32.3 Å². The van der Waals surface area contributed by atoms with Gasteiger partial charge in [0, 0.05) is 11.6 Å². The van der Waals surface area contributed by atoms with E-state index < -0.39 is 0 Å². The second kappa shape index (κ2) is 5.50. The summed E-state index contributed by atoms with van der Waals surface area (Å²) >= 11 is 0. The van der Waals surface area contributed by atoms with Crippen molar-refractivity contribution in [1.82, 2.24) is 5.32 Å². The number of hydrogen-bond donors (Lipinski definition) is 2. The van der Waals surface area contributed by atoms with Crippen LogP contribution in [0.3, 0.4) is 0 Å². The minimum Gasteiger partial charge on any atom is -0.394 e. The van der Waals surface area contributed by atoms with Crippen molar-refractivity contribution in [1.29, 1.82) is 0 Å². The zero-order valence-corrected chi connectivity index (χ0v) is 10.7. The summed E-state index contributed by atoms with van der Waals surface area (Å²) in [5.41, 5.74) is 0.0553. The third-order valence-corrected chi connectivity index (χ3v) is 4.64. The van der Waals surface area contributed by atoms with Crippen LogP contribution in [0, 0.1) is 5.92 Å². The van der Waals surface area contributed by atoms with Crippen molar-refractivity contribution in [2.75, 3.05) is 6.61 Å². The fourth-order valence-corrected chi connectivity index (χ4v) is 3.43. The molecule has 0 radical (unpaired) electrons. The fourth-order valence-electron chi connectivity index (χ4n) is 3.43. The van der Waals surface area contributed by atoms with Crippen LogP contribution in [0.15, 0.2) is 0 Å². The van der Waals surface area contributed by atoms with Crippen molar-refractivity contribution in [3.63, 3.8) is 0 Å². The molecule has 2 saturated carbocycles. The molecule has 2 rings (SSSR count). The maximum Gasteiger partial charge on any atom is 0.0613 e. The molecule has 0 aromatic carbocycles. The van der Waals surface area contributed by atoms with E-state index in [1.54, 1.807) is 0 Å². The van der Waals surface area contributed by atoms with Crippen LogP contribution >= 0.6 is 0 Å². The minimum atomic E-state index is 0.0553. The zero-order chi connectivity index (χ0) is 11.4. The Kier molecular flexibility index (Phi) is 4.26. The third-order valence-electron chi connectivity index (χ3n) is 4.64. The van der Waals surface area contributed by atoms with Gasteiger partial charge in [-0.2, -0.15) is 0 Å². The Hall–Kier alpha value is -0.0800. The highest BCUT2D eigenvalue weighted by molar-refractivity contribution is 4.93. The predicted octanol–water partition coefficient (Wildman–Crippen LogP) is 2.85. The molecule has 0 amide bonds. The van der Waals surface area contributed by atoms with E-state index in [4.69, 9.17) is 0 Å². The maximum atomic E-state index is 9.75. The lowest BCUT2D eigenvalue weighted by atomic mass is 9.89. The van der Waals surface area contributed by atoms with Crippen LogP contribution in [0.5, 0.6) is 0 Å². The summed E-state index contributed by atoms with van der Waals surface area (Å²) in [6, 6.07) is 0.681. The minimum absolute atomic E-state index is 0.0553. The normalized spacial score (nSPS) is 37.5. The first kappa shape index (κ1) is 12.4. The maximum absolute atomic E-state index is 9.75. The Bertz CT molecular complexity index is 213. The molecule has 0 heterocycles. The van der Waals surface area contributed by atoms with Gasteiger partial charge in [-0.25, -0.2) is 0 Å².